The van der Waals surface area contributed by atoms with Crippen molar-refractivity contribution in [2.45, 2.75) is 12.7 Å². The molecule has 1 unspecified atom stereocenters. The average molecular weight is 235 g/mol. The third-order valence-corrected chi connectivity index (χ3v) is 3.00. The molecule has 0 bridgehead atoms. The summed E-state index contributed by atoms with van der Waals surface area (Å²) in [6, 6.07) is 0. The van der Waals surface area contributed by atoms with E-state index in [0.29, 0.717) is 13.2 Å². The minimum Gasteiger partial charge on any atom is -0.350 e. The Bertz CT molecular complexity index is 367. The van der Waals surface area contributed by atoms with E-state index in [4.69, 9.17) is 9.47 Å². The van der Waals surface area contributed by atoms with Gasteiger partial charge in [0.05, 0.1) is 13.2 Å². The van der Waals surface area contributed by atoms with Crippen molar-refractivity contribution >= 4 is 5.91 Å². The van der Waals surface area contributed by atoms with Crippen LogP contribution < -0.4 is 0 Å². The van der Waals surface area contributed by atoms with E-state index in [0.717, 1.165) is 12.1 Å². The summed E-state index contributed by atoms with van der Waals surface area (Å²) in [4.78, 5) is 13.0. The lowest BCUT2D eigenvalue weighted by molar-refractivity contribution is -0.123. The maximum atomic E-state index is 11.4. The summed E-state index contributed by atoms with van der Waals surface area (Å²) in [6.07, 6.45) is 8.00. The molecule has 2 rings (SSSR count). The summed E-state index contributed by atoms with van der Waals surface area (Å²) >= 11 is 0. The third-order valence-electron chi connectivity index (χ3n) is 3.00. The predicted molar refractivity (Wildman–Crippen MR) is 64.0 cm³/mol. The van der Waals surface area contributed by atoms with Gasteiger partial charge in [-0.1, -0.05) is 18.7 Å². The molecule has 1 heterocycles. The van der Waals surface area contributed by atoms with Crippen LogP contribution in [0, 0.1) is 5.92 Å². The van der Waals surface area contributed by atoms with Crippen molar-refractivity contribution < 1.29 is 14.3 Å². The number of likely N-dealkylation sites (N-methyl/N-ethyl adjacent to an activating group) is 1. The molecular weight excluding hydrogens is 218 g/mol. The zero-order chi connectivity index (χ0) is 12.3. The molecule has 0 aromatic heterocycles. The van der Waals surface area contributed by atoms with Gasteiger partial charge in [0, 0.05) is 18.7 Å². The van der Waals surface area contributed by atoms with E-state index in [-0.39, 0.29) is 18.1 Å². The monoisotopic (exact) mass is 235 g/mol. The van der Waals surface area contributed by atoms with Crippen LogP contribution in [0.5, 0.6) is 0 Å². The molecule has 17 heavy (non-hydrogen) atoms. The minimum atomic E-state index is -0.135. The molecule has 4 nitrogen and oxygen atoms in total. The van der Waals surface area contributed by atoms with Crippen molar-refractivity contribution in [1.82, 2.24) is 4.90 Å². The molecule has 1 aliphatic heterocycles. The van der Waals surface area contributed by atoms with E-state index in [2.05, 4.69) is 6.58 Å². The molecule has 0 aromatic carbocycles. The Morgan fingerprint density at radius 2 is 2.24 bits per heavy atom. The number of carbonyl (C=O) groups excluding carboxylic acids is 1. The van der Waals surface area contributed by atoms with Gasteiger partial charge < -0.3 is 14.4 Å². The number of hydrogen-bond acceptors (Lipinski definition) is 3. The van der Waals surface area contributed by atoms with Crippen molar-refractivity contribution in [2.75, 3.05) is 20.3 Å². The van der Waals surface area contributed by atoms with Gasteiger partial charge in [0.25, 0.3) is 0 Å². The lowest BCUT2D eigenvalue weighted by Crippen LogP contribution is -2.26. The van der Waals surface area contributed by atoms with Crippen LogP contribution in [0.25, 0.3) is 0 Å². The van der Waals surface area contributed by atoms with E-state index < -0.39 is 0 Å². The van der Waals surface area contributed by atoms with Gasteiger partial charge in [0.15, 0.2) is 6.29 Å². The van der Waals surface area contributed by atoms with Crippen molar-refractivity contribution in [2.24, 2.45) is 5.92 Å². The van der Waals surface area contributed by atoms with Gasteiger partial charge in [0.1, 0.15) is 0 Å². The number of rotatable bonds is 3. The van der Waals surface area contributed by atoms with Gasteiger partial charge in [0.2, 0.25) is 5.91 Å². The quantitative estimate of drug-likeness (QED) is 0.695. The van der Waals surface area contributed by atoms with Crippen LogP contribution in [-0.4, -0.2) is 37.4 Å². The standard InChI is InChI=1S/C13H17NO3/c1-3-12(15)14(2)11-6-4-10(5-7-11)13-16-8-9-17-13/h3-4,6-7,10,13H,1,5,8-9H2,2H3. The number of ether oxygens (including phenoxy) is 2. The molecule has 1 aliphatic carbocycles. The van der Waals surface area contributed by atoms with Crippen molar-refractivity contribution in [3.8, 4) is 0 Å². The fourth-order valence-electron chi connectivity index (χ4n) is 1.96. The van der Waals surface area contributed by atoms with Crippen LogP contribution in [0.15, 0.2) is 36.6 Å². The molecular formula is C13H17NO3. The Morgan fingerprint density at radius 3 is 2.76 bits per heavy atom. The molecule has 1 amide bonds. The van der Waals surface area contributed by atoms with Gasteiger partial charge in [-0.05, 0) is 18.6 Å². The first-order valence-corrected chi connectivity index (χ1v) is 5.74. The van der Waals surface area contributed by atoms with Gasteiger partial charge in [-0.3, -0.25) is 4.79 Å². The van der Waals surface area contributed by atoms with E-state index >= 15 is 0 Å². The molecule has 1 atom stereocenters. The molecule has 1 saturated heterocycles. The Hall–Kier alpha value is -1.39. The lowest BCUT2D eigenvalue weighted by Gasteiger charge is -2.24. The molecule has 0 aromatic rings. The highest BCUT2D eigenvalue weighted by atomic mass is 16.7. The first kappa shape index (κ1) is 12.1. The second-order valence-corrected chi connectivity index (χ2v) is 4.10. The SMILES string of the molecule is C=CC(=O)N(C)C1=CCC(C2OCCO2)C=C1. The number of hydrogen-bond donors (Lipinski definition) is 0. The van der Waals surface area contributed by atoms with Gasteiger partial charge >= 0.3 is 0 Å². The van der Waals surface area contributed by atoms with E-state index in [9.17, 15) is 4.79 Å². The van der Waals surface area contributed by atoms with E-state index in [1.54, 1.807) is 11.9 Å². The summed E-state index contributed by atoms with van der Waals surface area (Å²) in [5.74, 6) is 0.140. The fourth-order valence-corrected chi connectivity index (χ4v) is 1.96. The summed E-state index contributed by atoms with van der Waals surface area (Å²) in [7, 11) is 1.74. The van der Waals surface area contributed by atoms with Crippen LogP contribution in [0.4, 0.5) is 0 Å². The van der Waals surface area contributed by atoms with Crippen molar-refractivity contribution in [1.29, 1.82) is 0 Å². The van der Waals surface area contributed by atoms with Crippen LogP contribution >= 0.6 is 0 Å². The molecule has 4 heteroatoms. The Kier molecular flexibility index (Phi) is 3.76. The highest BCUT2D eigenvalue weighted by molar-refractivity contribution is 5.88. The fraction of sp³-hybridized carbons (Fsp3) is 0.462. The summed E-state index contributed by atoms with van der Waals surface area (Å²) < 4.78 is 10.9. The average Bonchev–Trinajstić information content (AvgIpc) is 2.91. The van der Waals surface area contributed by atoms with Crippen molar-refractivity contribution in [3.05, 3.63) is 36.6 Å². The minimum absolute atomic E-state index is 0.104. The number of nitrogens with zero attached hydrogens (tertiary/aromatic N) is 1. The van der Waals surface area contributed by atoms with Crippen LogP contribution in [-0.2, 0) is 14.3 Å². The topological polar surface area (TPSA) is 38.8 Å². The number of allylic oxidation sites excluding steroid dienone is 2. The van der Waals surface area contributed by atoms with E-state index in [1.807, 2.05) is 18.2 Å². The van der Waals surface area contributed by atoms with Gasteiger partial charge in [-0.2, -0.15) is 0 Å². The summed E-state index contributed by atoms with van der Waals surface area (Å²) in [5, 5.41) is 0. The molecule has 92 valence electrons. The van der Waals surface area contributed by atoms with Crippen molar-refractivity contribution in [3.63, 3.8) is 0 Å². The zero-order valence-electron chi connectivity index (χ0n) is 9.96. The maximum Gasteiger partial charge on any atom is 0.250 e. The largest absolute Gasteiger partial charge is 0.350 e. The summed E-state index contributed by atoms with van der Waals surface area (Å²) in [5.41, 5.74) is 0.893. The Morgan fingerprint density at radius 1 is 1.53 bits per heavy atom. The van der Waals surface area contributed by atoms with Crippen LogP contribution in [0.1, 0.15) is 6.42 Å². The van der Waals surface area contributed by atoms with Crippen LogP contribution in [0.3, 0.4) is 0 Å². The van der Waals surface area contributed by atoms with Gasteiger partial charge in [-0.15, -0.1) is 0 Å². The number of amides is 1. The second kappa shape index (κ2) is 5.29. The second-order valence-electron chi connectivity index (χ2n) is 4.10. The highest BCUT2D eigenvalue weighted by Crippen LogP contribution is 2.25. The molecule has 0 radical (unpaired) electrons. The molecule has 2 aliphatic rings. The maximum absolute atomic E-state index is 11.4. The van der Waals surface area contributed by atoms with Gasteiger partial charge in [-0.25, -0.2) is 0 Å². The molecule has 0 N–H and O–H groups in total. The smallest absolute Gasteiger partial charge is 0.250 e. The first-order chi connectivity index (χ1) is 8.22. The first-order valence-electron chi connectivity index (χ1n) is 5.74. The summed E-state index contributed by atoms with van der Waals surface area (Å²) in [6.45, 7) is 4.81. The molecule has 1 fully saturated rings. The van der Waals surface area contributed by atoms with E-state index in [1.165, 1.54) is 6.08 Å². The zero-order valence-corrected chi connectivity index (χ0v) is 9.96. The number of carbonyl (C=O) groups is 1. The lowest BCUT2D eigenvalue weighted by atomic mass is 9.98. The predicted octanol–water partition coefficient (Wildman–Crippen LogP) is 1.46. The Balaban J connectivity index is 1.95. The van der Waals surface area contributed by atoms with Crippen LogP contribution in [0.2, 0.25) is 0 Å². The normalized spacial score (nSPS) is 24.5. The Labute approximate surface area is 101 Å². The molecule has 0 saturated carbocycles. The third kappa shape index (κ3) is 2.65. The molecule has 0 spiro atoms. The highest BCUT2D eigenvalue weighted by Gasteiger charge is 2.26.